The van der Waals surface area contributed by atoms with E-state index in [1.807, 2.05) is 66.9 Å². The summed E-state index contributed by atoms with van der Waals surface area (Å²) in [6.07, 6.45) is 1.87. The number of thioether (sulfide) groups is 1. The van der Waals surface area contributed by atoms with E-state index in [0.717, 1.165) is 11.3 Å². The van der Waals surface area contributed by atoms with E-state index in [4.69, 9.17) is 4.74 Å². The van der Waals surface area contributed by atoms with Crippen molar-refractivity contribution in [3.8, 4) is 11.4 Å². The predicted octanol–water partition coefficient (Wildman–Crippen LogP) is 4.40. The van der Waals surface area contributed by atoms with Crippen LogP contribution in [-0.4, -0.2) is 29.3 Å². The number of nitrogens with one attached hydrogen (secondary N) is 1. The zero-order chi connectivity index (χ0) is 17.6. The molecule has 0 bridgehead atoms. The number of para-hydroxylation sites is 1. The van der Waals surface area contributed by atoms with Crippen LogP contribution < -0.4 is 5.32 Å². The van der Waals surface area contributed by atoms with Crippen molar-refractivity contribution in [1.29, 1.82) is 0 Å². The molecular weight excluding hydrogens is 334 g/mol. The van der Waals surface area contributed by atoms with Crippen molar-refractivity contribution in [2.45, 2.75) is 5.03 Å². The summed E-state index contributed by atoms with van der Waals surface area (Å²) in [5.74, 6) is 0.509. The maximum Gasteiger partial charge on any atom is 0.344 e. The molecule has 0 aliphatic rings. The molecule has 0 aliphatic carbocycles. The molecule has 2 aromatic carbocycles. The first-order valence-electron chi connectivity index (χ1n) is 7.64. The summed E-state index contributed by atoms with van der Waals surface area (Å²) in [5, 5.41) is 3.78. The van der Waals surface area contributed by atoms with E-state index in [9.17, 15) is 4.79 Å². The summed E-state index contributed by atoms with van der Waals surface area (Å²) in [5.41, 5.74) is 2.04. The Morgan fingerprint density at radius 2 is 1.64 bits per heavy atom. The van der Waals surface area contributed by atoms with Crippen LogP contribution in [0.3, 0.4) is 0 Å². The average Bonchev–Trinajstić information content (AvgIpc) is 2.68. The lowest BCUT2D eigenvalue weighted by Gasteiger charge is -2.14. The summed E-state index contributed by atoms with van der Waals surface area (Å²) >= 11 is 1.38. The third-order valence-corrected chi connectivity index (χ3v) is 4.21. The standard InChI is InChI=1S/C19H17N3O2S/c1-24-19(23)15-17(20-14-11-7-4-8-12-14)21-16(22-18(15)25-2)13-9-5-3-6-10-13/h3-12H,1-2H3,(H,20,21,22). The van der Waals surface area contributed by atoms with E-state index < -0.39 is 5.97 Å². The SMILES string of the molecule is COC(=O)c1c(Nc2ccccc2)nc(-c2ccccc2)nc1SC. The van der Waals surface area contributed by atoms with Gasteiger partial charge in [-0.1, -0.05) is 48.5 Å². The van der Waals surface area contributed by atoms with Gasteiger partial charge in [-0.25, -0.2) is 14.8 Å². The van der Waals surface area contributed by atoms with Crippen LogP contribution in [0.1, 0.15) is 10.4 Å². The minimum atomic E-state index is -0.470. The van der Waals surface area contributed by atoms with E-state index in [-0.39, 0.29) is 0 Å². The number of benzene rings is 2. The highest BCUT2D eigenvalue weighted by atomic mass is 32.2. The first kappa shape index (κ1) is 17.0. The van der Waals surface area contributed by atoms with Gasteiger partial charge in [0.25, 0.3) is 0 Å². The molecule has 0 saturated carbocycles. The Hall–Kier alpha value is -2.86. The molecule has 126 valence electrons. The van der Waals surface area contributed by atoms with E-state index in [0.29, 0.717) is 22.2 Å². The normalized spacial score (nSPS) is 10.3. The summed E-state index contributed by atoms with van der Waals surface area (Å²) in [4.78, 5) is 21.4. The maximum atomic E-state index is 12.3. The predicted molar refractivity (Wildman–Crippen MR) is 100 cm³/mol. The van der Waals surface area contributed by atoms with Crippen molar-refractivity contribution in [2.75, 3.05) is 18.7 Å². The Morgan fingerprint density at radius 3 is 2.24 bits per heavy atom. The number of hydrogen-bond donors (Lipinski definition) is 1. The van der Waals surface area contributed by atoms with E-state index in [2.05, 4.69) is 15.3 Å². The number of anilines is 2. The van der Waals surface area contributed by atoms with Gasteiger partial charge in [-0.15, -0.1) is 11.8 Å². The average molecular weight is 351 g/mol. The van der Waals surface area contributed by atoms with E-state index in [1.54, 1.807) is 0 Å². The number of rotatable bonds is 5. The van der Waals surface area contributed by atoms with Gasteiger partial charge in [0, 0.05) is 11.3 Å². The maximum absolute atomic E-state index is 12.3. The lowest BCUT2D eigenvalue weighted by molar-refractivity contribution is 0.0596. The van der Waals surface area contributed by atoms with Crippen LogP contribution in [0, 0.1) is 0 Å². The highest BCUT2D eigenvalue weighted by Crippen LogP contribution is 2.30. The molecule has 0 amide bonds. The third kappa shape index (κ3) is 3.80. The van der Waals surface area contributed by atoms with Crippen molar-refractivity contribution >= 4 is 29.2 Å². The zero-order valence-corrected chi connectivity index (χ0v) is 14.7. The first-order chi connectivity index (χ1) is 12.2. The van der Waals surface area contributed by atoms with Gasteiger partial charge in [-0.2, -0.15) is 0 Å². The first-order valence-corrected chi connectivity index (χ1v) is 8.87. The Labute approximate surface area is 150 Å². The van der Waals surface area contributed by atoms with Gasteiger partial charge in [0.05, 0.1) is 7.11 Å². The fraction of sp³-hybridized carbons (Fsp3) is 0.105. The Balaban J connectivity index is 2.15. The quantitative estimate of drug-likeness (QED) is 0.418. The van der Waals surface area contributed by atoms with Gasteiger partial charge >= 0.3 is 5.97 Å². The van der Waals surface area contributed by atoms with Crippen LogP contribution in [0.4, 0.5) is 11.5 Å². The number of aromatic nitrogens is 2. The van der Waals surface area contributed by atoms with Crippen LogP contribution in [0.15, 0.2) is 65.7 Å². The summed E-state index contributed by atoms with van der Waals surface area (Å²) in [6, 6.07) is 19.2. The molecule has 1 N–H and O–H groups in total. The van der Waals surface area contributed by atoms with Crippen LogP contribution in [0.2, 0.25) is 0 Å². The van der Waals surface area contributed by atoms with Crippen molar-refractivity contribution in [3.05, 3.63) is 66.2 Å². The molecule has 3 rings (SSSR count). The largest absolute Gasteiger partial charge is 0.465 e. The van der Waals surface area contributed by atoms with Crippen LogP contribution in [-0.2, 0) is 4.74 Å². The molecule has 0 radical (unpaired) electrons. The smallest absolute Gasteiger partial charge is 0.344 e. The van der Waals surface area contributed by atoms with Gasteiger partial charge in [0.1, 0.15) is 16.4 Å². The lowest BCUT2D eigenvalue weighted by Crippen LogP contribution is -2.11. The Morgan fingerprint density at radius 1 is 1.00 bits per heavy atom. The minimum absolute atomic E-state index is 0.332. The number of esters is 1. The van der Waals surface area contributed by atoms with Gasteiger partial charge in [-0.05, 0) is 18.4 Å². The molecule has 0 aliphatic heterocycles. The molecule has 1 aromatic heterocycles. The molecule has 0 saturated heterocycles. The second-order valence-electron chi connectivity index (χ2n) is 5.13. The second kappa shape index (κ2) is 7.81. The number of carbonyl (C=O) groups excluding carboxylic acids is 1. The topological polar surface area (TPSA) is 64.1 Å². The van der Waals surface area contributed by atoms with Crippen LogP contribution in [0.25, 0.3) is 11.4 Å². The summed E-state index contributed by atoms with van der Waals surface area (Å²) < 4.78 is 4.93. The van der Waals surface area contributed by atoms with Crippen LogP contribution >= 0.6 is 11.8 Å². The summed E-state index contributed by atoms with van der Waals surface area (Å²) in [7, 11) is 1.35. The Kier molecular flexibility index (Phi) is 5.30. The fourth-order valence-corrected chi connectivity index (χ4v) is 2.90. The molecule has 6 heteroatoms. The molecule has 0 fully saturated rings. The second-order valence-corrected chi connectivity index (χ2v) is 5.92. The highest BCUT2D eigenvalue weighted by molar-refractivity contribution is 7.98. The molecular formula is C19H17N3O2S. The minimum Gasteiger partial charge on any atom is -0.465 e. The zero-order valence-electron chi connectivity index (χ0n) is 13.9. The molecule has 0 unspecified atom stereocenters. The molecule has 1 heterocycles. The molecule has 0 spiro atoms. The fourth-order valence-electron chi connectivity index (χ4n) is 2.34. The highest BCUT2D eigenvalue weighted by Gasteiger charge is 2.22. The van der Waals surface area contributed by atoms with Gasteiger partial charge < -0.3 is 10.1 Å². The summed E-state index contributed by atoms with van der Waals surface area (Å²) in [6.45, 7) is 0. The van der Waals surface area contributed by atoms with Crippen LogP contribution in [0.5, 0.6) is 0 Å². The lowest BCUT2D eigenvalue weighted by atomic mass is 10.2. The number of hydrogen-bond acceptors (Lipinski definition) is 6. The number of nitrogens with zero attached hydrogens (tertiary/aromatic N) is 2. The Bertz CT molecular complexity index is 871. The monoisotopic (exact) mass is 351 g/mol. The van der Waals surface area contributed by atoms with Gasteiger partial charge in [0.15, 0.2) is 5.82 Å². The number of ether oxygens (including phenoxy) is 1. The molecule has 5 nitrogen and oxygen atoms in total. The van der Waals surface area contributed by atoms with E-state index >= 15 is 0 Å². The number of methoxy groups -OCH3 is 1. The van der Waals surface area contributed by atoms with Gasteiger partial charge in [-0.3, -0.25) is 0 Å². The molecule has 3 aromatic rings. The van der Waals surface area contributed by atoms with E-state index in [1.165, 1.54) is 18.9 Å². The van der Waals surface area contributed by atoms with Crippen molar-refractivity contribution in [1.82, 2.24) is 9.97 Å². The van der Waals surface area contributed by atoms with Crippen molar-refractivity contribution < 1.29 is 9.53 Å². The molecule has 25 heavy (non-hydrogen) atoms. The third-order valence-electron chi connectivity index (χ3n) is 3.53. The van der Waals surface area contributed by atoms with Crippen molar-refractivity contribution in [2.24, 2.45) is 0 Å². The van der Waals surface area contributed by atoms with Crippen molar-refractivity contribution in [3.63, 3.8) is 0 Å². The van der Waals surface area contributed by atoms with Gasteiger partial charge in [0.2, 0.25) is 0 Å². The molecule has 0 atom stereocenters. The number of carbonyl (C=O) groups is 1.